The molecule has 0 fully saturated rings. The third-order valence-electron chi connectivity index (χ3n) is 2.45. The van der Waals surface area contributed by atoms with E-state index in [0.717, 1.165) is 27.9 Å². The Balaban J connectivity index is 2.43. The molecule has 3 nitrogen and oxygen atoms in total. The monoisotopic (exact) mass is 349 g/mol. The van der Waals surface area contributed by atoms with Gasteiger partial charge in [0.25, 0.3) is 0 Å². The second kappa shape index (κ2) is 6.57. The Morgan fingerprint density at radius 3 is 2.69 bits per heavy atom. The lowest BCUT2D eigenvalue weighted by Gasteiger charge is -2.21. The van der Waals surface area contributed by atoms with Crippen LogP contribution in [0.15, 0.2) is 21.2 Å². The van der Waals surface area contributed by atoms with Gasteiger partial charge in [0.15, 0.2) is 0 Å². The van der Waals surface area contributed by atoms with Gasteiger partial charge in [0, 0.05) is 29.8 Å². The van der Waals surface area contributed by atoms with Gasteiger partial charge in [-0.2, -0.15) is 0 Å². The maximum absolute atomic E-state index is 4.30. The first-order valence-corrected chi connectivity index (χ1v) is 6.84. The topological polar surface area (TPSA) is 28.2 Å². The van der Waals surface area contributed by atoms with Crippen LogP contribution in [0.3, 0.4) is 0 Å². The lowest BCUT2D eigenvalue weighted by atomic mass is 10.3. The molecule has 1 N–H and O–H groups in total. The van der Waals surface area contributed by atoms with Gasteiger partial charge in [-0.15, -0.1) is 0 Å². The van der Waals surface area contributed by atoms with Gasteiger partial charge in [-0.05, 0) is 58.8 Å². The number of pyridine rings is 1. The number of hydrogen-bond donors (Lipinski definition) is 1. The van der Waals surface area contributed by atoms with E-state index in [4.69, 9.17) is 0 Å². The fourth-order valence-corrected chi connectivity index (χ4v) is 2.28. The average molecular weight is 351 g/mol. The van der Waals surface area contributed by atoms with Crippen molar-refractivity contribution in [2.45, 2.75) is 19.9 Å². The van der Waals surface area contributed by atoms with E-state index in [1.807, 2.05) is 6.07 Å². The molecular formula is C11H17Br2N3. The summed E-state index contributed by atoms with van der Waals surface area (Å²) in [6.07, 6.45) is 1.79. The molecule has 0 bridgehead atoms. The highest BCUT2D eigenvalue weighted by Gasteiger charge is 2.04. The molecule has 0 atom stereocenters. The minimum absolute atomic E-state index is 0.572. The van der Waals surface area contributed by atoms with Crippen molar-refractivity contribution in [1.82, 2.24) is 9.88 Å². The largest absolute Gasteiger partial charge is 0.368 e. The molecule has 1 heterocycles. The SMILES string of the molecule is CC(C)N(C)CCNc1ncc(Br)cc1Br. The van der Waals surface area contributed by atoms with Crippen molar-refractivity contribution in [2.75, 3.05) is 25.5 Å². The summed E-state index contributed by atoms with van der Waals surface area (Å²) in [5, 5.41) is 3.31. The van der Waals surface area contributed by atoms with Crippen LogP contribution in [0.1, 0.15) is 13.8 Å². The molecule has 0 saturated heterocycles. The second-order valence-electron chi connectivity index (χ2n) is 3.99. The van der Waals surface area contributed by atoms with Crippen LogP contribution in [0.2, 0.25) is 0 Å². The van der Waals surface area contributed by atoms with Crippen molar-refractivity contribution in [3.8, 4) is 0 Å². The van der Waals surface area contributed by atoms with Crippen LogP contribution >= 0.6 is 31.9 Å². The molecule has 0 unspecified atom stereocenters. The Kier molecular flexibility index (Phi) is 5.72. The Bertz CT molecular complexity index is 342. The Morgan fingerprint density at radius 2 is 2.12 bits per heavy atom. The molecule has 0 amide bonds. The summed E-state index contributed by atoms with van der Waals surface area (Å²) in [6.45, 7) is 6.27. The molecule has 0 spiro atoms. The summed E-state index contributed by atoms with van der Waals surface area (Å²) in [7, 11) is 2.12. The molecule has 0 aliphatic heterocycles. The van der Waals surface area contributed by atoms with Crippen molar-refractivity contribution in [2.24, 2.45) is 0 Å². The van der Waals surface area contributed by atoms with Gasteiger partial charge >= 0.3 is 0 Å². The van der Waals surface area contributed by atoms with Crippen molar-refractivity contribution < 1.29 is 0 Å². The summed E-state index contributed by atoms with van der Waals surface area (Å²) in [5.41, 5.74) is 0. The summed E-state index contributed by atoms with van der Waals surface area (Å²) in [5.74, 6) is 0.889. The summed E-state index contributed by atoms with van der Waals surface area (Å²) in [6, 6.07) is 2.56. The van der Waals surface area contributed by atoms with E-state index < -0.39 is 0 Å². The van der Waals surface area contributed by atoms with Gasteiger partial charge in [0.05, 0.1) is 4.47 Å². The fraction of sp³-hybridized carbons (Fsp3) is 0.545. The molecule has 0 radical (unpaired) electrons. The molecule has 0 aromatic carbocycles. The van der Waals surface area contributed by atoms with Crippen LogP contribution in [0.5, 0.6) is 0 Å². The number of likely N-dealkylation sites (N-methyl/N-ethyl adjacent to an activating group) is 1. The van der Waals surface area contributed by atoms with E-state index in [0.29, 0.717) is 6.04 Å². The minimum atomic E-state index is 0.572. The Hall–Kier alpha value is -0.130. The van der Waals surface area contributed by atoms with Gasteiger partial charge in [0.2, 0.25) is 0 Å². The molecular weight excluding hydrogens is 334 g/mol. The lowest BCUT2D eigenvalue weighted by Crippen LogP contribution is -2.31. The highest BCUT2D eigenvalue weighted by atomic mass is 79.9. The molecule has 90 valence electrons. The number of anilines is 1. The van der Waals surface area contributed by atoms with E-state index in [1.165, 1.54) is 0 Å². The number of nitrogens with one attached hydrogen (secondary N) is 1. The average Bonchev–Trinajstić information content (AvgIpc) is 2.20. The normalized spacial score (nSPS) is 11.2. The highest BCUT2D eigenvalue weighted by Crippen LogP contribution is 2.23. The van der Waals surface area contributed by atoms with E-state index >= 15 is 0 Å². The maximum Gasteiger partial charge on any atom is 0.140 e. The fourth-order valence-electron chi connectivity index (χ4n) is 1.15. The first-order chi connectivity index (χ1) is 7.50. The predicted molar refractivity (Wildman–Crippen MR) is 75.9 cm³/mol. The minimum Gasteiger partial charge on any atom is -0.368 e. The summed E-state index contributed by atoms with van der Waals surface area (Å²) in [4.78, 5) is 6.59. The van der Waals surface area contributed by atoms with Crippen LogP contribution in [-0.2, 0) is 0 Å². The van der Waals surface area contributed by atoms with Gasteiger partial charge in [0.1, 0.15) is 5.82 Å². The highest BCUT2D eigenvalue weighted by molar-refractivity contribution is 9.11. The van der Waals surface area contributed by atoms with Gasteiger partial charge in [-0.3, -0.25) is 0 Å². The molecule has 5 heteroatoms. The smallest absolute Gasteiger partial charge is 0.140 e. The second-order valence-corrected chi connectivity index (χ2v) is 5.76. The first-order valence-electron chi connectivity index (χ1n) is 5.26. The number of hydrogen-bond acceptors (Lipinski definition) is 3. The van der Waals surface area contributed by atoms with Crippen LogP contribution in [-0.4, -0.2) is 36.1 Å². The molecule has 1 aromatic heterocycles. The van der Waals surface area contributed by atoms with Crippen LogP contribution in [0, 0.1) is 0 Å². The quantitative estimate of drug-likeness (QED) is 0.882. The standard InChI is InChI=1S/C11H17Br2N3/c1-8(2)16(3)5-4-14-11-10(13)6-9(12)7-15-11/h6-8H,4-5H2,1-3H3,(H,14,15). The first kappa shape index (κ1) is 13.9. The van der Waals surface area contributed by atoms with Crippen LogP contribution in [0.4, 0.5) is 5.82 Å². The number of nitrogens with zero attached hydrogens (tertiary/aromatic N) is 2. The third-order valence-corrected chi connectivity index (χ3v) is 3.48. The van der Waals surface area contributed by atoms with Crippen molar-refractivity contribution in [1.29, 1.82) is 0 Å². The number of rotatable bonds is 5. The van der Waals surface area contributed by atoms with E-state index in [9.17, 15) is 0 Å². The van der Waals surface area contributed by atoms with Gasteiger partial charge in [-0.25, -0.2) is 4.98 Å². The maximum atomic E-state index is 4.30. The summed E-state index contributed by atoms with van der Waals surface area (Å²) >= 11 is 6.85. The van der Waals surface area contributed by atoms with Crippen molar-refractivity contribution in [3.05, 3.63) is 21.2 Å². The molecule has 0 aliphatic rings. The molecule has 0 saturated carbocycles. The number of aromatic nitrogens is 1. The van der Waals surface area contributed by atoms with E-state index in [-0.39, 0.29) is 0 Å². The zero-order valence-corrected chi connectivity index (χ0v) is 13.0. The van der Waals surface area contributed by atoms with E-state index in [1.54, 1.807) is 6.20 Å². The van der Waals surface area contributed by atoms with Gasteiger partial charge < -0.3 is 10.2 Å². The predicted octanol–water partition coefficient (Wildman–Crippen LogP) is 3.36. The van der Waals surface area contributed by atoms with Crippen LogP contribution < -0.4 is 5.32 Å². The third kappa shape index (κ3) is 4.39. The zero-order chi connectivity index (χ0) is 12.1. The zero-order valence-electron chi connectivity index (χ0n) is 9.80. The Morgan fingerprint density at radius 1 is 1.44 bits per heavy atom. The van der Waals surface area contributed by atoms with Crippen LogP contribution in [0.25, 0.3) is 0 Å². The van der Waals surface area contributed by atoms with Crippen molar-refractivity contribution >= 4 is 37.7 Å². The molecule has 1 rings (SSSR count). The summed E-state index contributed by atoms with van der Waals surface area (Å²) < 4.78 is 1.96. The number of halogens is 2. The Labute approximate surface area is 114 Å². The molecule has 0 aliphatic carbocycles. The van der Waals surface area contributed by atoms with E-state index in [2.05, 4.69) is 68.0 Å². The van der Waals surface area contributed by atoms with Crippen molar-refractivity contribution in [3.63, 3.8) is 0 Å². The van der Waals surface area contributed by atoms with Gasteiger partial charge in [-0.1, -0.05) is 0 Å². The lowest BCUT2D eigenvalue weighted by molar-refractivity contribution is 0.284. The molecule has 16 heavy (non-hydrogen) atoms. The molecule has 1 aromatic rings.